The molecule has 0 radical (unpaired) electrons. The van der Waals surface area contributed by atoms with E-state index in [0.29, 0.717) is 29.2 Å². The van der Waals surface area contributed by atoms with Crippen LogP contribution in [0.2, 0.25) is 0 Å². The van der Waals surface area contributed by atoms with Crippen LogP contribution in [0.3, 0.4) is 0 Å². The zero-order valence-electron chi connectivity index (χ0n) is 25.2. The number of likely N-dealkylation sites (tertiary alicyclic amines) is 1. The minimum atomic E-state index is -4.61. The molecule has 1 aliphatic carbocycles. The number of aromatic nitrogens is 2. The number of hydrogen-bond donors (Lipinski definition) is 2. The second-order valence-corrected chi connectivity index (χ2v) is 13.0. The third kappa shape index (κ3) is 4.95. The molecule has 232 valence electrons. The van der Waals surface area contributed by atoms with Crippen molar-refractivity contribution in [1.29, 1.82) is 0 Å². The van der Waals surface area contributed by atoms with E-state index in [4.69, 9.17) is 4.74 Å². The van der Waals surface area contributed by atoms with E-state index in [0.717, 1.165) is 42.1 Å². The van der Waals surface area contributed by atoms with Crippen LogP contribution in [-0.4, -0.2) is 59.1 Å². The quantitative estimate of drug-likeness (QED) is 0.322. The standard InChI is InChI=1S/C33H37F3N6O2/c1-32(2)29-19(6-4-9-27(29)38-30(32)43)10-12-25-24(33(34,35)36)16-37-31(39-25)40-26-13-11-21(15-28(26)44-3)42-18-22-14-23(42)17-41(22)20-7-5-8-20/h4,6,9,11,13,15-16,20,22-23H,5,7-8,10,12,14,17-18H2,1-3H3,(H,38,43)(H,37,39,40). The van der Waals surface area contributed by atoms with Crippen molar-refractivity contribution in [3.8, 4) is 5.75 Å². The Hall–Kier alpha value is -3.86. The Labute approximate surface area is 255 Å². The predicted octanol–water partition coefficient (Wildman–Crippen LogP) is 6.08. The Morgan fingerprint density at radius 3 is 2.59 bits per heavy atom. The number of ether oxygens (including phenoxy) is 1. The van der Waals surface area contributed by atoms with Crippen molar-refractivity contribution in [2.45, 2.75) is 82.1 Å². The van der Waals surface area contributed by atoms with E-state index in [2.05, 4.69) is 30.4 Å². The molecule has 2 atom stereocenters. The van der Waals surface area contributed by atoms with Crippen molar-refractivity contribution in [1.82, 2.24) is 14.9 Å². The maximum atomic E-state index is 14.0. The maximum absolute atomic E-state index is 14.0. The van der Waals surface area contributed by atoms with Crippen LogP contribution < -0.4 is 20.3 Å². The average molecular weight is 607 g/mol. The topological polar surface area (TPSA) is 82.6 Å². The van der Waals surface area contributed by atoms with Crippen LogP contribution >= 0.6 is 0 Å². The molecule has 11 heteroatoms. The molecular weight excluding hydrogens is 569 g/mol. The first-order valence-corrected chi connectivity index (χ1v) is 15.4. The van der Waals surface area contributed by atoms with Gasteiger partial charge in [0.2, 0.25) is 11.9 Å². The van der Waals surface area contributed by atoms with Crippen molar-refractivity contribution < 1.29 is 22.7 Å². The van der Waals surface area contributed by atoms with Crippen LogP contribution in [0.25, 0.3) is 0 Å². The number of halogens is 3. The lowest BCUT2D eigenvalue weighted by Crippen LogP contribution is -2.52. The summed E-state index contributed by atoms with van der Waals surface area (Å²) in [7, 11) is 1.58. The molecule has 3 aromatic rings. The second-order valence-electron chi connectivity index (χ2n) is 13.0. The summed E-state index contributed by atoms with van der Waals surface area (Å²) in [6.45, 7) is 5.73. The molecule has 8 nitrogen and oxygen atoms in total. The monoisotopic (exact) mass is 606 g/mol. The fourth-order valence-corrected chi connectivity index (χ4v) is 7.46. The SMILES string of the molecule is COc1cc(N2CC3CC2CN3C2CCC2)ccc1Nc1ncc(C(F)(F)F)c(CCc2cccc3c2C(C)(C)C(=O)N3)n1. The van der Waals surface area contributed by atoms with Gasteiger partial charge in [0.05, 0.1) is 29.5 Å². The molecule has 2 saturated heterocycles. The number of benzene rings is 2. The summed E-state index contributed by atoms with van der Waals surface area (Å²) in [5, 5.41) is 5.97. The summed E-state index contributed by atoms with van der Waals surface area (Å²) < 4.78 is 47.7. The zero-order chi connectivity index (χ0) is 30.8. The number of amides is 1. The van der Waals surface area contributed by atoms with Gasteiger partial charge in [-0.05, 0) is 75.3 Å². The highest BCUT2D eigenvalue weighted by atomic mass is 19.4. The fraction of sp³-hybridized carbons (Fsp3) is 0.485. The van der Waals surface area contributed by atoms with Crippen molar-refractivity contribution in [2.75, 3.05) is 35.7 Å². The molecule has 3 aliphatic heterocycles. The average Bonchev–Trinajstić information content (AvgIpc) is 3.62. The molecule has 2 bridgehead atoms. The van der Waals surface area contributed by atoms with Gasteiger partial charge in [0, 0.05) is 54.9 Å². The number of aryl methyl sites for hydroxylation is 2. The number of nitrogens with one attached hydrogen (secondary N) is 2. The van der Waals surface area contributed by atoms with Crippen LogP contribution in [0.1, 0.15) is 61.9 Å². The first-order valence-electron chi connectivity index (χ1n) is 15.4. The molecule has 4 heterocycles. The Bertz CT molecular complexity index is 1600. The molecule has 1 saturated carbocycles. The summed E-state index contributed by atoms with van der Waals surface area (Å²) >= 11 is 0. The van der Waals surface area contributed by atoms with Gasteiger partial charge in [-0.1, -0.05) is 18.6 Å². The Morgan fingerprint density at radius 1 is 1.09 bits per heavy atom. The summed E-state index contributed by atoms with van der Waals surface area (Å²) in [4.78, 5) is 26.0. The maximum Gasteiger partial charge on any atom is 0.419 e. The van der Waals surface area contributed by atoms with E-state index in [1.165, 1.54) is 25.7 Å². The molecule has 0 spiro atoms. The van der Waals surface area contributed by atoms with Gasteiger partial charge in [-0.3, -0.25) is 9.69 Å². The highest BCUT2D eigenvalue weighted by Gasteiger charge is 2.47. The number of fused-ring (bicyclic) bond motifs is 3. The third-order valence-corrected chi connectivity index (χ3v) is 9.99. The number of nitrogens with zero attached hydrogens (tertiary/aromatic N) is 4. The van der Waals surface area contributed by atoms with E-state index >= 15 is 0 Å². The lowest BCUT2D eigenvalue weighted by molar-refractivity contribution is -0.138. The number of carbonyl (C=O) groups excluding carboxylic acids is 1. The molecule has 3 fully saturated rings. The molecule has 44 heavy (non-hydrogen) atoms. The molecular formula is C33H37F3N6O2. The van der Waals surface area contributed by atoms with Gasteiger partial charge in [-0.2, -0.15) is 13.2 Å². The summed E-state index contributed by atoms with van der Waals surface area (Å²) in [5.41, 5.74) is 2.24. The van der Waals surface area contributed by atoms with Gasteiger partial charge >= 0.3 is 6.18 Å². The van der Waals surface area contributed by atoms with Gasteiger partial charge in [0.1, 0.15) is 5.75 Å². The number of piperazine rings is 1. The van der Waals surface area contributed by atoms with Crippen LogP contribution in [0.4, 0.5) is 36.2 Å². The summed E-state index contributed by atoms with van der Waals surface area (Å²) in [6.07, 6.45) is 1.69. The van der Waals surface area contributed by atoms with Crippen molar-refractivity contribution in [2.24, 2.45) is 0 Å². The molecule has 7 rings (SSSR count). The van der Waals surface area contributed by atoms with Gasteiger partial charge in [-0.15, -0.1) is 0 Å². The number of hydrogen-bond acceptors (Lipinski definition) is 7. The van der Waals surface area contributed by atoms with Crippen LogP contribution in [0, 0.1) is 0 Å². The van der Waals surface area contributed by atoms with Crippen LogP contribution in [0.15, 0.2) is 42.6 Å². The molecule has 4 aliphatic rings. The molecule has 2 unspecified atom stereocenters. The van der Waals surface area contributed by atoms with Gasteiger partial charge in [0.25, 0.3) is 0 Å². The molecule has 1 amide bonds. The number of anilines is 4. The number of rotatable bonds is 8. The van der Waals surface area contributed by atoms with Crippen LogP contribution in [0.5, 0.6) is 5.75 Å². The van der Waals surface area contributed by atoms with E-state index in [-0.39, 0.29) is 30.4 Å². The highest BCUT2D eigenvalue weighted by molar-refractivity contribution is 6.06. The second kappa shape index (κ2) is 10.6. The highest BCUT2D eigenvalue weighted by Crippen LogP contribution is 2.43. The number of methoxy groups -OCH3 is 1. The fourth-order valence-electron chi connectivity index (χ4n) is 7.46. The third-order valence-electron chi connectivity index (χ3n) is 9.99. The van der Waals surface area contributed by atoms with Gasteiger partial charge in [0.15, 0.2) is 0 Å². The Morgan fingerprint density at radius 2 is 1.91 bits per heavy atom. The first kappa shape index (κ1) is 28.9. The normalized spacial score (nSPS) is 22.6. The molecule has 2 aromatic carbocycles. The van der Waals surface area contributed by atoms with Gasteiger partial charge < -0.3 is 20.3 Å². The minimum Gasteiger partial charge on any atom is -0.494 e. The summed E-state index contributed by atoms with van der Waals surface area (Å²) in [5.74, 6) is 0.508. The molecule has 2 N–H and O–H groups in total. The smallest absolute Gasteiger partial charge is 0.419 e. The van der Waals surface area contributed by atoms with E-state index in [1.807, 2.05) is 44.2 Å². The van der Waals surface area contributed by atoms with Crippen LogP contribution in [-0.2, 0) is 29.2 Å². The van der Waals surface area contributed by atoms with E-state index < -0.39 is 17.2 Å². The van der Waals surface area contributed by atoms with Crippen molar-refractivity contribution in [3.63, 3.8) is 0 Å². The largest absolute Gasteiger partial charge is 0.494 e. The Kier molecular flexibility index (Phi) is 6.99. The number of carbonyl (C=O) groups is 1. The minimum absolute atomic E-state index is 0.0260. The van der Waals surface area contributed by atoms with E-state index in [1.54, 1.807) is 13.2 Å². The lowest BCUT2D eigenvalue weighted by Gasteiger charge is -2.43. The first-order chi connectivity index (χ1) is 21.0. The number of alkyl halides is 3. The van der Waals surface area contributed by atoms with E-state index in [9.17, 15) is 18.0 Å². The van der Waals surface area contributed by atoms with Crippen molar-refractivity contribution >= 4 is 28.9 Å². The zero-order valence-corrected chi connectivity index (χ0v) is 25.2. The lowest BCUT2D eigenvalue weighted by atomic mass is 9.82. The Balaban J connectivity index is 1.11. The van der Waals surface area contributed by atoms with Crippen molar-refractivity contribution in [3.05, 3.63) is 65.0 Å². The molecule has 1 aromatic heterocycles. The summed E-state index contributed by atoms with van der Waals surface area (Å²) in [6, 6.07) is 13.2. The van der Waals surface area contributed by atoms with Gasteiger partial charge in [-0.25, -0.2) is 9.97 Å². The predicted molar refractivity (Wildman–Crippen MR) is 163 cm³/mol.